The third-order valence-corrected chi connectivity index (χ3v) is 2.65. The van der Waals surface area contributed by atoms with Gasteiger partial charge < -0.3 is 15.3 Å². The van der Waals surface area contributed by atoms with Crippen molar-refractivity contribution >= 4 is 5.97 Å². The highest BCUT2D eigenvalue weighted by Gasteiger charge is 2.16. The topological polar surface area (TPSA) is 89.3 Å². The molecule has 0 saturated carbocycles. The summed E-state index contributed by atoms with van der Waals surface area (Å²) in [5, 5.41) is 8.72. The zero-order valence-corrected chi connectivity index (χ0v) is 9.74. The van der Waals surface area contributed by atoms with Gasteiger partial charge in [-0.2, -0.15) is 0 Å². The molecule has 0 fully saturated rings. The van der Waals surface area contributed by atoms with Crippen molar-refractivity contribution in [1.82, 2.24) is 4.98 Å². The van der Waals surface area contributed by atoms with E-state index in [1.807, 2.05) is 30.3 Å². The fourth-order valence-electron chi connectivity index (χ4n) is 1.65. The van der Waals surface area contributed by atoms with Crippen molar-refractivity contribution in [2.24, 2.45) is 5.73 Å². The van der Waals surface area contributed by atoms with Gasteiger partial charge in [0.15, 0.2) is 5.69 Å². The Bertz CT molecular complexity index is 522. The number of aromatic nitrogens is 1. The first-order valence-corrected chi connectivity index (χ1v) is 5.65. The molecule has 1 aromatic heterocycles. The summed E-state index contributed by atoms with van der Waals surface area (Å²) in [6, 6.07) is 9.54. The number of carboxylic acid groups (broad SMARTS) is 1. The van der Waals surface area contributed by atoms with Gasteiger partial charge in [0.1, 0.15) is 6.26 Å². The van der Waals surface area contributed by atoms with Crippen molar-refractivity contribution in [3.05, 3.63) is 53.7 Å². The van der Waals surface area contributed by atoms with Crippen molar-refractivity contribution in [2.45, 2.75) is 18.9 Å². The normalized spacial score (nSPS) is 12.3. The average Bonchev–Trinajstić information content (AvgIpc) is 2.87. The fourth-order valence-corrected chi connectivity index (χ4v) is 1.65. The molecule has 1 atom stereocenters. The number of aryl methyl sites for hydroxylation is 1. The van der Waals surface area contributed by atoms with Crippen LogP contribution in [0.15, 0.2) is 41.0 Å². The first-order chi connectivity index (χ1) is 8.66. The molecule has 94 valence electrons. The van der Waals surface area contributed by atoms with E-state index in [4.69, 9.17) is 15.3 Å². The van der Waals surface area contributed by atoms with Gasteiger partial charge in [-0.25, -0.2) is 9.78 Å². The highest BCUT2D eigenvalue weighted by Crippen LogP contribution is 2.16. The van der Waals surface area contributed by atoms with Crippen LogP contribution < -0.4 is 5.73 Å². The minimum absolute atomic E-state index is 0.111. The maximum Gasteiger partial charge on any atom is 0.357 e. The summed E-state index contributed by atoms with van der Waals surface area (Å²) in [5.74, 6) is -0.844. The third-order valence-electron chi connectivity index (χ3n) is 2.65. The maximum absolute atomic E-state index is 10.7. The fraction of sp³-hybridized carbons (Fsp3) is 0.231. The van der Waals surface area contributed by atoms with E-state index in [2.05, 4.69) is 4.98 Å². The number of carboxylic acids is 1. The van der Waals surface area contributed by atoms with Gasteiger partial charge in [-0.15, -0.1) is 0 Å². The van der Waals surface area contributed by atoms with Crippen LogP contribution >= 0.6 is 0 Å². The number of oxazole rings is 1. The molecule has 0 aliphatic heterocycles. The Morgan fingerprint density at radius 2 is 2.11 bits per heavy atom. The summed E-state index contributed by atoms with van der Waals surface area (Å²) in [7, 11) is 0. The van der Waals surface area contributed by atoms with E-state index >= 15 is 0 Å². The molecule has 0 bridgehead atoms. The number of benzene rings is 1. The molecule has 3 N–H and O–H groups in total. The lowest BCUT2D eigenvalue weighted by Gasteiger charge is -2.06. The zero-order valence-electron chi connectivity index (χ0n) is 9.74. The van der Waals surface area contributed by atoms with Gasteiger partial charge in [0.25, 0.3) is 0 Å². The van der Waals surface area contributed by atoms with Crippen molar-refractivity contribution in [3.63, 3.8) is 0 Å². The van der Waals surface area contributed by atoms with Gasteiger partial charge >= 0.3 is 5.97 Å². The molecule has 1 aromatic carbocycles. The van der Waals surface area contributed by atoms with Crippen LogP contribution in [0.2, 0.25) is 0 Å². The van der Waals surface area contributed by atoms with Crippen LogP contribution in [0.5, 0.6) is 0 Å². The molecule has 0 spiro atoms. The lowest BCUT2D eigenvalue weighted by Crippen LogP contribution is -2.12. The Morgan fingerprint density at radius 1 is 1.39 bits per heavy atom. The number of carbonyl (C=O) groups is 1. The predicted molar refractivity (Wildman–Crippen MR) is 65.2 cm³/mol. The van der Waals surface area contributed by atoms with Crippen molar-refractivity contribution in [2.75, 3.05) is 0 Å². The van der Waals surface area contributed by atoms with E-state index in [0.29, 0.717) is 6.42 Å². The smallest absolute Gasteiger partial charge is 0.357 e. The molecule has 0 unspecified atom stereocenters. The molecule has 0 aliphatic rings. The Hall–Kier alpha value is -2.14. The molecule has 2 rings (SSSR count). The number of rotatable bonds is 5. The number of hydrogen-bond acceptors (Lipinski definition) is 4. The van der Waals surface area contributed by atoms with Crippen molar-refractivity contribution in [3.8, 4) is 0 Å². The zero-order chi connectivity index (χ0) is 13.0. The molecular formula is C13H14N2O3. The van der Waals surface area contributed by atoms with Crippen LogP contribution in [0, 0.1) is 0 Å². The summed E-state index contributed by atoms with van der Waals surface area (Å²) < 4.78 is 5.06. The molecule has 0 saturated heterocycles. The largest absolute Gasteiger partial charge is 0.476 e. The summed E-state index contributed by atoms with van der Waals surface area (Å²) >= 11 is 0. The van der Waals surface area contributed by atoms with E-state index in [1.54, 1.807) is 0 Å². The Kier molecular flexibility index (Phi) is 3.74. The maximum atomic E-state index is 10.7. The highest BCUT2D eigenvalue weighted by atomic mass is 16.4. The number of nitrogens with zero attached hydrogens (tertiary/aromatic N) is 1. The van der Waals surface area contributed by atoms with Crippen molar-refractivity contribution < 1.29 is 14.3 Å². The van der Waals surface area contributed by atoms with Crippen LogP contribution in [-0.2, 0) is 6.42 Å². The lowest BCUT2D eigenvalue weighted by atomic mass is 10.1. The van der Waals surface area contributed by atoms with E-state index in [9.17, 15) is 4.79 Å². The molecule has 0 radical (unpaired) electrons. The minimum atomic E-state index is -1.11. The first kappa shape index (κ1) is 12.3. The molecule has 0 aliphatic carbocycles. The Labute approximate surface area is 104 Å². The SMILES string of the molecule is N[C@H](CCc1ccccc1)c1nc(C(=O)O)co1. The monoisotopic (exact) mass is 246 g/mol. The van der Waals surface area contributed by atoms with Gasteiger partial charge in [-0.05, 0) is 18.4 Å². The summed E-state index contributed by atoms with van der Waals surface area (Å²) in [6.45, 7) is 0. The van der Waals surface area contributed by atoms with Gasteiger partial charge in [0.2, 0.25) is 5.89 Å². The lowest BCUT2D eigenvalue weighted by molar-refractivity contribution is 0.0690. The standard InChI is InChI=1S/C13H14N2O3/c14-10(7-6-9-4-2-1-3-5-9)12-15-11(8-18-12)13(16)17/h1-5,8,10H,6-7,14H2,(H,16,17)/t10-/m1/s1. The van der Waals surface area contributed by atoms with E-state index in [1.165, 1.54) is 5.56 Å². The van der Waals surface area contributed by atoms with Crippen LogP contribution in [0.4, 0.5) is 0 Å². The van der Waals surface area contributed by atoms with Crippen LogP contribution in [0.3, 0.4) is 0 Å². The van der Waals surface area contributed by atoms with Gasteiger partial charge in [-0.1, -0.05) is 30.3 Å². The van der Waals surface area contributed by atoms with Gasteiger partial charge in [0, 0.05) is 0 Å². The van der Waals surface area contributed by atoms with Crippen LogP contribution in [0.25, 0.3) is 0 Å². The second-order valence-electron chi connectivity index (χ2n) is 4.01. The highest BCUT2D eigenvalue weighted by molar-refractivity contribution is 5.84. The molecule has 18 heavy (non-hydrogen) atoms. The molecule has 0 amide bonds. The second kappa shape index (κ2) is 5.46. The van der Waals surface area contributed by atoms with Crippen LogP contribution in [-0.4, -0.2) is 16.1 Å². The average molecular weight is 246 g/mol. The molecule has 2 aromatic rings. The van der Waals surface area contributed by atoms with Crippen molar-refractivity contribution in [1.29, 1.82) is 0 Å². The molecular weight excluding hydrogens is 232 g/mol. The predicted octanol–water partition coefficient (Wildman–Crippen LogP) is 2.01. The number of aromatic carboxylic acids is 1. The van der Waals surface area contributed by atoms with E-state index in [-0.39, 0.29) is 11.6 Å². The minimum Gasteiger partial charge on any atom is -0.476 e. The molecule has 1 heterocycles. The summed E-state index contributed by atoms with van der Waals surface area (Å²) in [6.07, 6.45) is 2.57. The van der Waals surface area contributed by atoms with Gasteiger partial charge in [-0.3, -0.25) is 0 Å². The summed E-state index contributed by atoms with van der Waals surface area (Å²) in [5.41, 5.74) is 6.97. The van der Waals surface area contributed by atoms with Gasteiger partial charge in [0.05, 0.1) is 6.04 Å². The van der Waals surface area contributed by atoms with E-state index in [0.717, 1.165) is 12.7 Å². The Morgan fingerprint density at radius 3 is 2.72 bits per heavy atom. The molecule has 5 heteroatoms. The number of nitrogens with two attached hydrogens (primary N) is 1. The van der Waals surface area contributed by atoms with E-state index < -0.39 is 12.0 Å². The van der Waals surface area contributed by atoms with Crippen LogP contribution in [0.1, 0.15) is 34.4 Å². The molecule has 5 nitrogen and oxygen atoms in total. The Balaban J connectivity index is 1.95. The second-order valence-corrected chi connectivity index (χ2v) is 4.01. The first-order valence-electron chi connectivity index (χ1n) is 5.65. The number of hydrogen-bond donors (Lipinski definition) is 2. The quantitative estimate of drug-likeness (QED) is 0.842. The summed E-state index contributed by atoms with van der Waals surface area (Å²) in [4.78, 5) is 14.5. The third kappa shape index (κ3) is 2.95.